The number of carbonyl (C=O) groups excluding carboxylic acids is 1. The van der Waals surface area contributed by atoms with E-state index in [0.717, 1.165) is 5.69 Å². The molecule has 0 saturated carbocycles. The number of ether oxygens (including phenoxy) is 1. The number of aromatic nitrogens is 2. The fraction of sp³-hybridized carbons (Fsp3) is 0.286. The summed E-state index contributed by atoms with van der Waals surface area (Å²) >= 11 is 0. The van der Waals surface area contributed by atoms with Crippen molar-refractivity contribution in [3.63, 3.8) is 0 Å². The predicted octanol–water partition coefficient (Wildman–Crippen LogP) is 3.83. The van der Waals surface area contributed by atoms with E-state index in [1.165, 1.54) is 25.3 Å². The zero-order valence-electron chi connectivity index (χ0n) is 16.8. The van der Waals surface area contributed by atoms with Crippen molar-refractivity contribution in [2.45, 2.75) is 19.4 Å². The smallest absolute Gasteiger partial charge is 0.259 e. The van der Waals surface area contributed by atoms with Crippen molar-refractivity contribution in [1.29, 1.82) is 0 Å². The van der Waals surface area contributed by atoms with E-state index >= 15 is 0 Å². The third-order valence-corrected chi connectivity index (χ3v) is 4.50. The van der Waals surface area contributed by atoms with E-state index in [1.807, 2.05) is 25.1 Å². The number of hydrogen-bond acceptors (Lipinski definition) is 6. The molecular formula is C21H23FN4O3. The van der Waals surface area contributed by atoms with E-state index in [9.17, 15) is 9.18 Å². The first-order valence-electron chi connectivity index (χ1n) is 9.19. The second kappa shape index (κ2) is 8.72. The minimum absolute atomic E-state index is 0.0524. The summed E-state index contributed by atoms with van der Waals surface area (Å²) in [6.45, 7) is 1.96. The van der Waals surface area contributed by atoms with Crippen LogP contribution in [0.15, 0.2) is 47.1 Å². The topological polar surface area (TPSA) is 80.5 Å². The van der Waals surface area contributed by atoms with Gasteiger partial charge in [-0.15, -0.1) is 0 Å². The second-order valence-corrected chi connectivity index (χ2v) is 6.64. The fourth-order valence-electron chi connectivity index (χ4n) is 2.99. The Hall–Kier alpha value is -3.42. The van der Waals surface area contributed by atoms with Crippen molar-refractivity contribution in [2.24, 2.45) is 0 Å². The third kappa shape index (κ3) is 4.21. The molecule has 8 heteroatoms. The van der Waals surface area contributed by atoms with Crippen molar-refractivity contribution in [1.82, 2.24) is 15.5 Å². The standard InChI is InChI=1S/C21H23FN4O3/c1-5-15(16-8-6-7-11-23-16)24-21(27)18-19(29-25-20(18)26(2)3)13-9-10-14(22)17(12-13)28-4/h6-12,15H,5H2,1-4H3,(H,24,27). The molecule has 7 nitrogen and oxygen atoms in total. The maximum Gasteiger partial charge on any atom is 0.259 e. The van der Waals surface area contributed by atoms with Crippen LogP contribution >= 0.6 is 0 Å². The van der Waals surface area contributed by atoms with Gasteiger partial charge in [-0.3, -0.25) is 9.78 Å². The number of rotatable bonds is 7. The number of methoxy groups -OCH3 is 1. The number of halogens is 1. The summed E-state index contributed by atoms with van der Waals surface area (Å²) in [6.07, 6.45) is 2.34. The zero-order valence-corrected chi connectivity index (χ0v) is 16.8. The molecular weight excluding hydrogens is 375 g/mol. The molecule has 0 fully saturated rings. The number of hydrogen-bond donors (Lipinski definition) is 1. The van der Waals surface area contributed by atoms with E-state index in [4.69, 9.17) is 9.26 Å². The molecule has 2 aromatic heterocycles. The minimum Gasteiger partial charge on any atom is -0.494 e. The van der Waals surface area contributed by atoms with Crippen LogP contribution in [0.25, 0.3) is 11.3 Å². The lowest BCUT2D eigenvalue weighted by atomic mass is 10.1. The van der Waals surface area contributed by atoms with Crippen molar-refractivity contribution < 1.29 is 18.4 Å². The summed E-state index contributed by atoms with van der Waals surface area (Å²) in [5.41, 5.74) is 1.51. The lowest BCUT2D eigenvalue weighted by Crippen LogP contribution is -2.30. The number of nitrogens with one attached hydrogen (secondary N) is 1. The molecule has 0 radical (unpaired) electrons. The molecule has 0 aliphatic rings. The summed E-state index contributed by atoms with van der Waals surface area (Å²) in [5, 5.41) is 7.03. The summed E-state index contributed by atoms with van der Waals surface area (Å²) in [7, 11) is 4.90. The molecule has 0 saturated heterocycles. The van der Waals surface area contributed by atoms with Crippen LogP contribution in [0.5, 0.6) is 5.75 Å². The molecule has 1 unspecified atom stereocenters. The molecule has 1 amide bonds. The van der Waals surface area contributed by atoms with E-state index in [2.05, 4.69) is 15.5 Å². The number of carbonyl (C=O) groups is 1. The fourth-order valence-corrected chi connectivity index (χ4v) is 2.99. The largest absolute Gasteiger partial charge is 0.494 e. The van der Waals surface area contributed by atoms with Gasteiger partial charge >= 0.3 is 0 Å². The number of nitrogens with zero attached hydrogens (tertiary/aromatic N) is 3. The van der Waals surface area contributed by atoms with Gasteiger partial charge in [-0.1, -0.05) is 18.1 Å². The highest BCUT2D eigenvalue weighted by Gasteiger charge is 2.28. The average molecular weight is 398 g/mol. The van der Waals surface area contributed by atoms with Gasteiger partial charge in [-0.05, 0) is 36.8 Å². The van der Waals surface area contributed by atoms with Gasteiger partial charge in [-0.2, -0.15) is 0 Å². The molecule has 29 heavy (non-hydrogen) atoms. The van der Waals surface area contributed by atoms with Gasteiger partial charge in [0.1, 0.15) is 5.56 Å². The molecule has 1 aromatic carbocycles. The van der Waals surface area contributed by atoms with Crippen molar-refractivity contribution in [2.75, 3.05) is 26.1 Å². The van der Waals surface area contributed by atoms with Crippen LogP contribution in [0.1, 0.15) is 35.4 Å². The maximum absolute atomic E-state index is 13.8. The number of amides is 1. The Morgan fingerprint density at radius 1 is 1.31 bits per heavy atom. The monoisotopic (exact) mass is 398 g/mol. The summed E-state index contributed by atoms with van der Waals surface area (Å²) in [6, 6.07) is 9.54. The van der Waals surface area contributed by atoms with Crippen molar-refractivity contribution in [3.8, 4) is 17.1 Å². The third-order valence-electron chi connectivity index (χ3n) is 4.50. The molecule has 0 bridgehead atoms. The first kappa shape index (κ1) is 20.3. The van der Waals surface area contributed by atoms with Gasteiger partial charge in [0.05, 0.1) is 18.8 Å². The molecule has 152 valence electrons. The van der Waals surface area contributed by atoms with Gasteiger partial charge in [-0.25, -0.2) is 4.39 Å². The highest BCUT2D eigenvalue weighted by Crippen LogP contribution is 2.33. The predicted molar refractivity (Wildman–Crippen MR) is 108 cm³/mol. The van der Waals surface area contributed by atoms with E-state index < -0.39 is 5.82 Å². The molecule has 1 atom stereocenters. The van der Waals surface area contributed by atoms with Crippen LogP contribution in [0.4, 0.5) is 10.2 Å². The normalized spacial score (nSPS) is 11.8. The maximum atomic E-state index is 13.8. The zero-order chi connectivity index (χ0) is 21.0. The Morgan fingerprint density at radius 3 is 2.72 bits per heavy atom. The van der Waals surface area contributed by atoms with Crippen LogP contribution < -0.4 is 15.0 Å². The summed E-state index contributed by atoms with van der Waals surface area (Å²) in [5.74, 6) is -0.199. The summed E-state index contributed by atoms with van der Waals surface area (Å²) in [4.78, 5) is 19.2. The Kier molecular flexibility index (Phi) is 6.11. The van der Waals surface area contributed by atoms with Gasteiger partial charge < -0.3 is 19.5 Å². The highest BCUT2D eigenvalue weighted by atomic mass is 19.1. The Morgan fingerprint density at radius 2 is 2.10 bits per heavy atom. The molecule has 3 rings (SSSR count). The Bertz CT molecular complexity index is 989. The lowest BCUT2D eigenvalue weighted by Gasteiger charge is -2.17. The molecule has 2 heterocycles. The van der Waals surface area contributed by atoms with Crippen molar-refractivity contribution in [3.05, 3.63) is 59.7 Å². The van der Waals surface area contributed by atoms with E-state index in [0.29, 0.717) is 17.8 Å². The second-order valence-electron chi connectivity index (χ2n) is 6.64. The number of anilines is 1. The minimum atomic E-state index is -0.504. The lowest BCUT2D eigenvalue weighted by molar-refractivity contribution is 0.0935. The quantitative estimate of drug-likeness (QED) is 0.652. The Balaban J connectivity index is 2.01. The molecule has 0 aliphatic carbocycles. The Labute approximate surface area is 168 Å². The SMILES string of the molecule is CCC(NC(=O)c1c(N(C)C)noc1-c1ccc(F)c(OC)c1)c1ccccn1. The van der Waals surface area contributed by atoms with Crippen LogP contribution in [0.3, 0.4) is 0 Å². The number of pyridine rings is 1. The van der Waals surface area contributed by atoms with Crippen molar-refractivity contribution >= 4 is 11.7 Å². The van der Waals surface area contributed by atoms with Crippen LogP contribution in [-0.2, 0) is 0 Å². The average Bonchev–Trinajstić information content (AvgIpc) is 3.18. The summed E-state index contributed by atoms with van der Waals surface area (Å²) < 4.78 is 24.3. The number of benzene rings is 1. The van der Waals surface area contributed by atoms with Gasteiger partial charge in [0, 0.05) is 25.9 Å². The van der Waals surface area contributed by atoms with E-state index in [1.54, 1.807) is 25.2 Å². The van der Waals surface area contributed by atoms with Crippen LogP contribution in [-0.4, -0.2) is 37.3 Å². The first-order valence-corrected chi connectivity index (χ1v) is 9.19. The molecule has 0 aliphatic heterocycles. The van der Waals surface area contributed by atoms with Gasteiger partial charge in [0.25, 0.3) is 5.91 Å². The molecule has 1 N–H and O–H groups in total. The molecule has 0 spiro atoms. The first-order chi connectivity index (χ1) is 14.0. The van der Waals surface area contributed by atoms with Gasteiger partial charge in [0.15, 0.2) is 23.1 Å². The highest BCUT2D eigenvalue weighted by molar-refractivity contribution is 6.04. The molecule has 3 aromatic rings. The van der Waals surface area contributed by atoms with Crippen LogP contribution in [0.2, 0.25) is 0 Å². The van der Waals surface area contributed by atoms with E-state index in [-0.39, 0.29) is 29.0 Å². The van der Waals surface area contributed by atoms with Gasteiger partial charge in [0.2, 0.25) is 0 Å². The van der Waals surface area contributed by atoms with Crippen LogP contribution in [0, 0.1) is 5.82 Å².